The van der Waals surface area contributed by atoms with Crippen molar-refractivity contribution >= 4 is 36.5 Å². The lowest BCUT2D eigenvalue weighted by Gasteiger charge is -2.35. The number of para-hydroxylation sites is 1. The molecule has 0 amide bonds. The molecule has 1 saturated heterocycles. The zero-order valence-electron chi connectivity index (χ0n) is 14.8. The van der Waals surface area contributed by atoms with E-state index in [2.05, 4.69) is 34.9 Å². The second-order valence-electron chi connectivity index (χ2n) is 6.97. The highest BCUT2D eigenvalue weighted by Gasteiger charge is 2.30. The lowest BCUT2D eigenvalue weighted by atomic mass is 9.76. The van der Waals surface area contributed by atoms with Gasteiger partial charge in [-0.25, -0.2) is 0 Å². The summed E-state index contributed by atoms with van der Waals surface area (Å²) in [5.74, 6) is 1.59. The fraction of sp³-hybridized carbons (Fsp3) is 0.632. The molecule has 0 saturated carbocycles. The van der Waals surface area contributed by atoms with Crippen molar-refractivity contribution in [1.29, 1.82) is 0 Å². The summed E-state index contributed by atoms with van der Waals surface area (Å²) in [6, 6.07) is 8.53. The third kappa shape index (κ3) is 6.05. The molecule has 3 rings (SSSR count). The highest BCUT2D eigenvalue weighted by molar-refractivity contribution is 5.85. The predicted octanol–water partition coefficient (Wildman–Crippen LogP) is 3.68. The minimum atomic E-state index is -0.0669. The molecule has 0 spiro atoms. The van der Waals surface area contributed by atoms with E-state index in [9.17, 15) is 4.79 Å². The van der Waals surface area contributed by atoms with Crippen molar-refractivity contribution in [2.75, 3.05) is 32.1 Å². The Hall–Kier alpha value is -0.970. The highest BCUT2D eigenvalue weighted by Crippen LogP contribution is 2.35. The first kappa shape index (κ1) is 22.1. The second kappa shape index (κ2) is 10.9. The van der Waals surface area contributed by atoms with Gasteiger partial charge in [-0.15, -0.1) is 24.8 Å². The Morgan fingerprint density at radius 1 is 1.24 bits per heavy atom. The molecule has 1 aromatic rings. The van der Waals surface area contributed by atoms with Crippen molar-refractivity contribution in [3.63, 3.8) is 0 Å². The number of carbonyl (C=O) groups is 1. The predicted molar refractivity (Wildman–Crippen MR) is 107 cm³/mol. The number of ether oxygens (including phenoxy) is 1. The molecule has 0 radical (unpaired) electrons. The van der Waals surface area contributed by atoms with E-state index in [4.69, 9.17) is 4.74 Å². The van der Waals surface area contributed by atoms with Gasteiger partial charge in [-0.2, -0.15) is 0 Å². The molecular formula is C19H30Cl2N2O2. The quantitative estimate of drug-likeness (QED) is 0.755. The minimum absolute atomic E-state index is 0. The molecule has 2 aliphatic heterocycles. The smallest absolute Gasteiger partial charge is 0.305 e. The molecule has 1 unspecified atom stereocenters. The number of nitrogens with one attached hydrogen (secondary N) is 2. The Kier molecular flexibility index (Phi) is 9.62. The van der Waals surface area contributed by atoms with Crippen molar-refractivity contribution in [3.05, 3.63) is 29.8 Å². The van der Waals surface area contributed by atoms with Crippen LogP contribution in [0.2, 0.25) is 0 Å². The standard InChI is InChI=1S/C19H28N2O2.2ClH/c1-23-19(22)12-16(10-14-6-8-20-9-7-14)17-11-15-4-2-3-5-18(15)21-13-17;;/h2-5,14,16-17,20-21H,6-13H2,1H3;2*1H/t16-,17?;;/m0../s1. The molecule has 142 valence electrons. The molecule has 6 heteroatoms. The average Bonchev–Trinajstić information content (AvgIpc) is 2.61. The van der Waals surface area contributed by atoms with Crippen LogP contribution < -0.4 is 10.6 Å². The van der Waals surface area contributed by atoms with Gasteiger partial charge < -0.3 is 15.4 Å². The van der Waals surface area contributed by atoms with Gasteiger partial charge in [-0.3, -0.25) is 4.79 Å². The highest BCUT2D eigenvalue weighted by atomic mass is 35.5. The van der Waals surface area contributed by atoms with E-state index in [1.807, 2.05) is 0 Å². The summed E-state index contributed by atoms with van der Waals surface area (Å²) in [5, 5.41) is 6.99. The number of piperidine rings is 1. The zero-order valence-corrected chi connectivity index (χ0v) is 16.5. The molecule has 4 nitrogen and oxygen atoms in total. The summed E-state index contributed by atoms with van der Waals surface area (Å²) in [4.78, 5) is 11.9. The minimum Gasteiger partial charge on any atom is -0.469 e. The Balaban J connectivity index is 0.00000156. The SMILES string of the molecule is COC(=O)C[C@H](CC1CCNCC1)C1CNc2ccccc2C1.Cl.Cl. The van der Waals surface area contributed by atoms with E-state index >= 15 is 0 Å². The molecule has 2 aliphatic rings. The number of halogens is 2. The molecule has 1 fully saturated rings. The summed E-state index contributed by atoms with van der Waals surface area (Å²) in [7, 11) is 1.50. The third-order valence-corrected chi connectivity index (χ3v) is 5.47. The van der Waals surface area contributed by atoms with E-state index in [0.29, 0.717) is 18.3 Å². The molecular weight excluding hydrogens is 359 g/mol. The van der Waals surface area contributed by atoms with Gasteiger partial charge in [-0.1, -0.05) is 18.2 Å². The van der Waals surface area contributed by atoms with Gasteiger partial charge in [0.1, 0.15) is 0 Å². The topological polar surface area (TPSA) is 50.4 Å². The monoisotopic (exact) mass is 388 g/mol. The number of fused-ring (bicyclic) bond motifs is 1. The van der Waals surface area contributed by atoms with E-state index in [1.165, 1.54) is 31.2 Å². The van der Waals surface area contributed by atoms with Gasteiger partial charge >= 0.3 is 5.97 Å². The number of methoxy groups -OCH3 is 1. The largest absolute Gasteiger partial charge is 0.469 e. The second-order valence-corrected chi connectivity index (χ2v) is 6.97. The molecule has 0 aromatic heterocycles. The van der Waals surface area contributed by atoms with Crippen LogP contribution in [0, 0.1) is 17.8 Å². The lowest BCUT2D eigenvalue weighted by Crippen LogP contribution is -2.34. The molecule has 0 bridgehead atoms. The van der Waals surface area contributed by atoms with Gasteiger partial charge in [0.15, 0.2) is 0 Å². The van der Waals surface area contributed by atoms with Crippen LogP contribution in [0.5, 0.6) is 0 Å². The van der Waals surface area contributed by atoms with Gasteiger partial charge in [0.2, 0.25) is 0 Å². The van der Waals surface area contributed by atoms with E-state index < -0.39 is 0 Å². The maximum atomic E-state index is 11.9. The molecule has 2 atom stereocenters. The average molecular weight is 389 g/mol. The normalized spacial score (nSPS) is 20.9. The number of carbonyl (C=O) groups excluding carboxylic acids is 1. The number of rotatable bonds is 5. The number of hydrogen-bond donors (Lipinski definition) is 2. The van der Waals surface area contributed by atoms with Gasteiger partial charge in [-0.05, 0) is 68.2 Å². The number of esters is 1. The fourth-order valence-electron chi connectivity index (χ4n) is 4.09. The maximum Gasteiger partial charge on any atom is 0.305 e. The van der Waals surface area contributed by atoms with E-state index in [1.54, 1.807) is 0 Å². The zero-order chi connectivity index (χ0) is 16.1. The van der Waals surface area contributed by atoms with Crippen LogP contribution in [-0.4, -0.2) is 32.7 Å². The summed E-state index contributed by atoms with van der Waals surface area (Å²) in [5.41, 5.74) is 2.63. The van der Waals surface area contributed by atoms with Crippen LogP contribution in [0.1, 0.15) is 31.2 Å². The van der Waals surface area contributed by atoms with Crippen molar-refractivity contribution in [2.45, 2.75) is 32.1 Å². The Morgan fingerprint density at radius 2 is 1.96 bits per heavy atom. The molecule has 2 N–H and O–H groups in total. The van der Waals surface area contributed by atoms with Crippen LogP contribution in [0.15, 0.2) is 24.3 Å². The van der Waals surface area contributed by atoms with Crippen LogP contribution in [0.3, 0.4) is 0 Å². The van der Waals surface area contributed by atoms with E-state index in [0.717, 1.165) is 38.4 Å². The number of hydrogen-bond acceptors (Lipinski definition) is 4. The summed E-state index contributed by atoms with van der Waals surface area (Å²) in [6.45, 7) is 3.19. The van der Waals surface area contributed by atoms with Crippen LogP contribution in [0.25, 0.3) is 0 Å². The molecule has 25 heavy (non-hydrogen) atoms. The maximum absolute atomic E-state index is 11.9. The molecule has 1 aromatic carbocycles. The van der Waals surface area contributed by atoms with E-state index in [-0.39, 0.29) is 30.8 Å². The Bertz CT molecular complexity index is 536. The van der Waals surface area contributed by atoms with Crippen molar-refractivity contribution in [1.82, 2.24) is 5.32 Å². The van der Waals surface area contributed by atoms with Crippen LogP contribution in [-0.2, 0) is 16.0 Å². The molecule has 2 heterocycles. The van der Waals surface area contributed by atoms with Crippen molar-refractivity contribution < 1.29 is 9.53 Å². The third-order valence-electron chi connectivity index (χ3n) is 5.47. The van der Waals surface area contributed by atoms with Crippen LogP contribution in [0.4, 0.5) is 5.69 Å². The first-order valence-corrected chi connectivity index (χ1v) is 8.85. The summed E-state index contributed by atoms with van der Waals surface area (Å²) in [6.07, 6.45) is 5.22. The first-order chi connectivity index (χ1) is 11.3. The number of benzene rings is 1. The van der Waals surface area contributed by atoms with Gasteiger partial charge in [0, 0.05) is 18.7 Å². The van der Waals surface area contributed by atoms with Gasteiger partial charge in [0.05, 0.1) is 7.11 Å². The van der Waals surface area contributed by atoms with Crippen LogP contribution >= 0.6 is 24.8 Å². The van der Waals surface area contributed by atoms with Crippen molar-refractivity contribution in [3.8, 4) is 0 Å². The summed E-state index contributed by atoms with van der Waals surface area (Å²) < 4.78 is 4.96. The Labute approximate surface area is 163 Å². The summed E-state index contributed by atoms with van der Waals surface area (Å²) >= 11 is 0. The first-order valence-electron chi connectivity index (χ1n) is 8.85. The number of anilines is 1. The van der Waals surface area contributed by atoms with Crippen molar-refractivity contribution in [2.24, 2.45) is 17.8 Å². The Morgan fingerprint density at radius 3 is 2.68 bits per heavy atom. The lowest BCUT2D eigenvalue weighted by molar-refractivity contribution is -0.142. The van der Waals surface area contributed by atoms with Gasteiger partial charge in [0.25, 0.3) is 0 Å². The fourth-order valence-corrected chi connectivity index (χ4v) is 4.09. The molecule has 0 aliphatic carbocycles.